The van der Waals surface area contributed by atoms with Crippen LogP contribution in [-0.4, -0.2) is 26.3 Å². The van der Waals surface area contributed by atoms with E-state index in [1.165, 1.54) is 35.2 Å². The summed E-state index contributed by atoms with van der Waals surface area (Å²) in [7, 11) is -2.17. The molecule has 1 amide bonds. The molecule has 2 rings (SSSR count). The fourth-order valence-electron chi connectivity index (χ4n) is 2.19. The molecule has 128 valence electrons. The third kappa shape index (κ3) is 4.00. The summed E-state index contributed by atoms with van der Waals surface area (Å²) >= 11 is 3.24. The number of sulfonamides is 1. The molecule has 0 saturated heterocycles. The van der Waals surface area contributed by atoms with Crippen LogP contribution in [0.1, 0.15) is 28.9 Å². The normalized spacial score (nSPS) is 12.7. The highest BCUT2D eigenvalue weighted by Gasteiger charge is 2.21. The zero-order valence-corrected chi connectivity index (χ0v) is 15.4. The molecule has 0 aromatic heterocycles. The zero-order valence-electron chi connectivity index (χ0n) is 13.0. The molecule has 2 N–H and O–H groups in total. The molecule has 2 aromatic rings. The zero-order chi connectivity index (χ0) is 18.1. The van der Waals surface area contributed by atoms with Gasteiger partial charge in [-0.1, -0.05) is 12.1 Å². The van der Waals surface area contributed by atoms with E-state index in [0.29, 0.717) is 4.47 Å². The number of nitrogens with two attached hydrogens (primary N) is 1. The van der Waals surface area contributed by atoms with E-state index in [2.05, 4.69) is 15.9 Å². The number of carbonyl (C=O) groups excluding carboxylic acids is 1. The molecule has 0 aliphatic heterocycles. The number of benzene rings is 2. The van der Waals surface area contributed by atoms with Gasteiger partial charge in [-0.3, -0.25) is 4.79 Å². The van der Waals surface area contributed by atoms with Gasteiger partial charge < -0.3 is 4.90 Å². The first kappa shape index (κ1) is 18.6. The minimum absolute atomic E-state index is 0.000282. The van der Waals surface area contributed by atoms with E-state index in [1.807, 2.05) is 0 Å². The summed E-state index contributed by atoms with van der Waals surface area (Å²) in [5.74, 6) is -0.857. The molecule has 5 nitrogen and oxygen atoms in total. The van der Waals surface area contributed by atoms with Crippen LogP contribution in [-0.2, 0) is 10.0 Å². The summed E-state index contributed by atoms with van der Waals surface area (Å²) in [4.78, 5) is 14.0. The Bertz CT molecular complexity index is 869. The molecule has 0 saturated carbocycles. The average Bonchev–Trinajstić information content (AvgIpc) is 2.54. The van der Waals surface area contributed by atoms with Crippen molar-refractivity contribution in [1.29, 1.82) is 0 Å². The van der Waals surface area contributed by atoms with Crippen molar-refractivity contribution in [3.63, 3.8) is 0 Å². The molecule has 0 aliphatic carbocycles. The van der Waals surface area contributed by atoms with Crippen LogP contribution in [0.5, 0.6) is 0 Å². The van der Waals surface area contributed by atoms with Gasteiger partial charge in [-0.2, -0.15) is 0 Å². The molecule has 8 heteroatoms. The second-order valence-corrected chi connectivity index (χ2v) is 7.75. The van der Waals surface area contributed by atoms with E-state index in [4.69, 9.17) is 5.14 Å². The topological polar surface area (TPSA) is 80.5 Å². The first-order chi connectivity index (χ1) is 11.1. The minimum atomic E-state index is -3.76. The second kappa shape index (κ2) is 7.00. The summed E-state index contributed by atoms with van der Waals surface area (Å²) < 4.78 is 36.5. The van der Waals surface area contributed by atoms with Crippen molar-refractivity contribution in [3.8, 4) is 0 Å². The summed E-state index contributed by atoms with van der Waals surface area (Å²) in [5.41, 5.74) is 0.941. The van der Waals surface area contributed by atoms with Gasteiger partial charge in [-0.15, -0.1) is 0 Å². The fraction of sp³-hybridized carbons (Fsp3) is 0.188. The fourth-order valence-corrected chi connectivity index (χ4v) is 3.12. The summed E-state index contributed by atoms with van der Waals surface area (Å²) in [6.07, 6.45) is 0. The lowest BCUT2D eigenvalue weighted by Crippen LogP contribution is -2.30. The molecule has 2 aromatic carbocycles. The van der Waals surface area contributed by atoms with Gasteiger partial charge in [-0.05, 0) is 58.7 Å². The highest BCUT2D eigenvalue weighted by Crippen LogP contribution is 2.25. The van der Waals surface area contributed by atoms with Crippen molar-refractivity contribution in [2.24, 2.45) is 5.14 Å². The van der Waals surface area contributed by atoms with E-state index in [0.717, 1.165) is 5.56 Å². The van der Waals surface area contributed by atoms with Gasteiger partial charge in [0.15, 0.2) is 0 Å². The van der Waals surface area contributed by atoms with Crippen molar-refractivity contribution in [1.82, 2.24) is 4.90 Å². The third-order valence-corrected chi connectivity index (χ3v) is 5.37. The monoisotopic (exact) mass is 414 g/mol. The van der Waals surface area contributed by atoms with E-state index in [9.17, 15) is 17.6 Å². The van der Waals surface area contributed by atoms with Crippen LogP contribution >= 0.6 is 15.9 Å². The van der Waals surface area contributed by atoms with Crippen molar-refractivity contribution in [2.45, 2.75) is 17.9 Å². The van der Waals surface area contributed by atoms with E-state index in [-0.39, 0.29) is 22.4 Å². The molecular formula is C16H16BrFN2O3S. The van der Waals surface area contributed by atoms with Gasteiger partial charge in [0.25, 0.3) is 5.91 Å². The number of carbonyl (C=O) groups is 1. The molecule has 1 atom stereocenters. The van der Waals surface area contributed by atoms with Gasteiger partial charge in [0.1, 0.15) is 5.82 Å². The maximum absolute atomic E-state index is 13.4. The Labute approximate surface area is 148 Å². The first-order valence-corrected chi connectivity index (χ1v) is 9.30. The van der Waals surface area contributed by atoms with Crippen LogP contribution in [0, 0.1) is 5.82 Å². The number of hydrogen-bond donors (Lipinski definition) is 1. The molecule has 0 heterocycles. The van der Waals surface area contributed by atoms with Gasteiger partial charge in [0.2, 0.25) is 10.0 Å². The summed E-state index contributed by atoms with van der Waals surface area (Å²) in [6, 6.07) is 9.51. The molecule has 24 heavy (non-hydrogen) atoms. The predicted molar refractivity (Wildman–Crippen MR) is 92.4 cm³/mol. The molecule has 1 unspecified atom stereocenters. The standard InChI is InChI=1S/C16H16BrFN2O3S/c1-10(11-3-6-13(7-4-11)24(19,22)23)20(2)16(21)14-9-12(18)5-8-15(14)17/h3-10H,1-2H3,(H2,19,22,23). The number of rotatable bonds is 4. The van der Waals surface area contributed by atoms with Crippen LogP contribution < -0.4 is 5.14 Å². The van der Waals surface area contributed by atoms with Crippen LogP contribution in [0.15, 0.2) is 51.8 Å². The van der Waals surface area contributed by atoms with Gasteiger partial charge >= 0.3 is 0 Å². The molecule has 0 bridgehead atoms. The van der Waals surface area contributed by atoms with E-state index >= 15 is 0 Å². The Morgan fingerprint density at radius 1 is 1.21 bits per heavy atom. The van der Waals surface area contributed by atoms with Crippen molar-refractivity contribution < 1.29 is 17.6 Å². The first-order valence-electron chi connectivity index (χ1n) is 6.96. The smallest absolute Gasteiger partial charge is 0.255 e. The molecule has 0 spiro atoms. The summed E-state index contributed by atoms with van der Waals surface area (Å²) in [5, 5.41) is 5.06. The lowest BCUT2D eigenvalue weighted by molar-refractivity contribution is 0.0741. The minimum Gasteiger partial charge on any atom is -0.335 e. The Hall–Kier alpha value is -1.77. The number of halogens is 2. The highest BCUT2D eigenvalue weighted by molar-refractivity contribution is 9.10. The van der Waals surface area contributed by atoms with Crippen molar-refractivity contribution in [3.05, 3.63) is 63.9 Å². The average molecular weight is 415 g/mol. The Balaban J connectivity index is 2.27. The Morgan fingerprint density at radius 2 is 1.79 bits per heavy atom. The SMILES string of the molecule is CC(c1ccc(S(N)(=O)=O)cc1)N(C)C(=O)c1cc(F)ccc1Br. The van der Waals surface area contributed by atoms with Gasteiger partial charge in [0.05, 0.1) is 16.5 Å². The Morgan fingerprint density at radius 3 is 2.33 bits per heavy atom. The Kier molecular flexibility index (Phi) is 5.42. The largest absolute Gasteiger partial charge is 0.335 e. The predicted octanol–water partition coefficient (Wildman–Crippen LogP) is 3.07. The van der Waals surface area contributed by atoms with E-state index in [1.54, 1.807) is 26.1 Å². The maximum atomic E-state index is 13.4. The van der Waals surface area contributed by atoms with Crippen LogP contribution in [0.25, 0.3) is 0 Å². The lowest BCUT2D eigenvalue weighted by atomic mass is 10.1. The van der Waals surface area contributed by atoms with Crippen LogP contribution in [0.2, 0.25) is 0 Å². The number of hydrogen-bond acceptors (Lipinski definition) is 3. The van der Waals surface area contributed by atoms with E-state index < -0.39 is 15.8 Å². The number of nitrogens with zero attached hydrogens (tertiary/aromatic N) is 1. The summed E-state index contributed by atoms with van der Waals surface area (Å²) in [6.45, 7) is 1.79. The van der Waals surface area contributed by atoms with Crippen LogP contribution in [0.3, 0.4) is 0 Å². The second-order valence-electron chi connectivity index (χ2n) is 5.33. The molecular weight excluding hydrogens is 399 g/mol. The van der Waals surface area contributed by atoms with Gasteiger partial charge in [0, 0.05) is 11.5 Å². The third-order valence-electron chi connectivity index (χ3n) is 3.75. The van der Waals surface area contributed by atoms with Gasteiger partial charge in [-0.25, -0.2) is 17.9 Å². The highest BCUT2D eigenvalue weighted by atomic mass is 79.9. The molecule has 0 fully saturated rings. The quantitative estimate of drug-likeness (QED) is 0.834. The number of primary sulfonamides is 1. The lowest BCUT2D eigenvalue weighted by Gasteiger charge is -2.26. The maximum Gasteiger partial charge on any atom is 0.255 e. The van der Waals surface area contributed by atoms with Crippen molar-refractivity contribution in [2.75, 3.05) is 7.05 Å². The molecule has 0 aliphatic rings. The molecule has 0 radical (unpaired) electrons. The van der Waals surface area contributed by atoms with Crippen LogP contribution in [0.4, 0.5) is 4.39 Å². The number of amides is 1. The van der Waals surface area contributed by atoms with Crippen molar-refractivity contribution >= 4 is 31.9 Å².